The van der Waals surface area contributed by atoms with Gasteiger partial charge >= 0.3 is 0 Å². The topological polar surface area (TPSA) is 78.9 Å². The van der Waals surface area contributed by atoms with E-state index in [1.165, 1.54) is 83.5 Å². The molecule has 4 aliphatic carbocycles. The van der Waals surface area contributed by atoms with Crippen LogP contribution >= 0.6 is 0 Å². The maximum absolute atomic E-state index is 13.0. The third-order valence-corrected chi connectivity index (χ3v) is 13.5. The smallest absolute Gasteiger partial charge is 0.242 e. The molecule has 1 saturated heterocycles. The number of carbonyl (C=O) groups excluding carboxylic acids is 2. The number of nitrogens with zero attached hydrogens (tertiary/aromatic N) is 1. The first kappa shape index (κ1) is 33.9. The van der Waals surface area contributed by atoms with Gasteiger partial charge in [-0.1, -0.05) is 70.9 Å². The Kier molecular flexibility index (Phi) is 11.6. The van der Waals surface area contributed by atoms with E-state index >= 15 is 0 Å². The van der Waals surface area contributed by atoms with E-state index in [9.17, 15) is 14.7 Å². The van der Waals surface area contributed by atoms with Gasteiger partial charge < -0.3 is 20.1 Å². The molecule has 2 amide bonds. The Bertz CT molecular complexity index is 1010. The van der Waals surface area contributed by atoms with Crippen molar-refractivity contribution < 1.29 is 19.4 Å². The van der Waals surface area contributed by atoms with Crippen LogP contribution in [0.4, 0.5) is 0 Å². The van der Waals surface area contributed by atoms with Crippen LogP contribution in [0.2, 0.25) is 0 Å². The van der Waals surface area contributed by atoms with Crippen LogP contribution in [0, 0.1) is 40.4 Å². The van der Waals surface area contributed by atoms with Crippen LogP contribution in [0.25, 0.3) is 0 Å². The minimum atomic E-state index is -0.556. The van der Waals surface area contributed by atoms with Crippen molar-refractivity contribution in [1.29, 1.82) is 0 Å². The normalized spacial score (nSPS) is 38.1. The van der Waals surface area contributed by atoms with Crippen molar-refractivity contribution in [3.63, 3.8) is 0 Å². The monoisotopic (exact) mass is 612 g/mol. The number of allylic oxidation sites excluding steroid dienone is 2. The molecule has 5 rings (SSSR count). The van der Waals surface area contributed by atoms with E-state index in [1.807, 2.05) is 6.92 Å². The number of aliphatic hydroxyl groups excluding tert-OH is 1. The van der Waals surface area contributed by atoms with Crippen molar-refractivity contribution >= 4 is 11.8 Å². The summed E-state index contributed by atoms with van der Waals surface area (Å²) in [7, 11) is 0. The molecule has 6 nitrogen and oxygen atoms in total. The molecule has 4 fully saturated rings. The Morgan fingerprint density at radius 3 is 2.59 bits per heavy atom. The average Bonchev–Trinajstić information content (AvgIpc) is 3.55. The predicted octanol–water partition coefficient (Wildman–Crippen LogP) is 7.44. The first-order valence-corrected chi connectivity index (χ1v) is 18.7. The van der Waals surface area contributed by atoms with E-state index in [1.54, 1.807) is 10.5 Å². The minimum Gasteiger partial charge on any atom is -0.391 e. The highest BCUT2D eigenvalue weighted by Gasteiger charge is 2.58. The number of amides is 2. The van der Waals surface area contributed by atoms with Gasteiger partial charge in [-0.2, -0.15) is 0 Å². The van der Waals surface area contributed by atoms with Crippen LogP contribution in [-0.4, -0.2) is 60.3 Å². The summed E-state index contributed by atoms with van der Waals surface area (Å²) in [6, 6.07) is -0.314. The van der Waals surface area contributed by atoms with E-state index in [2.05, 4.69) is 32.2 Å². The van der Waals surface area contributed by atoms with Gasteiger partial charge in [0.1, 0.15) is 0 Å². The molecule has 0 spiro atoms. The molecule has 0 aromatic heterocycles. The van der Waals surface area contributed by atoms with Gasteiger partial charge in [0.05, 0.1) is 25.3 Å². The lowest BCUT2D eigenvalue weighted by Gasteiger charge is -2.58. The Balaban J connectivity index is 1.10. The molecule has 0 aromatic carbocycles. The zero-order valence-electron chi connectivity index (χ0n) is 28.6. The summed E-state index contributed by atoms with van der Waals surface area (Å²) in [6.07, 6.45) is 23.3. The van der Waals surface area contributed by atoms with Crippen molar-refractivity contribution in [2.75, 3.05) is 26.3 Å². The molecular formula is C38H64N2O4. The fourth-order valence-electron chi connectivity index (χ4n) is 10.9. The number of unbranched alkanes of at least 4 members (excludes halogenated alkanes) is 5. The number of aliphatic hydroxyl groups is 1. The van der Waals surface area contributed by atoms with Crippen LogP contribution in [0.1, 0.15) is 137 Å². The van der Waals surface area contributed by atoms with Gasteiger partial charge in [0, 0.05) is 19.6 Å². The van der Waals surface area contributed by atoms with E-state index in [4.69, 9.17) is 4.74 Å². The second kappa shape index (κ2) is 15.0. The highest BCUT2D eigenvalue weighted by atomic mass is 16.5. The van der Waals surface area contributed by atoms with Gasteiger partial charge in [-0.05, 0) is 112 Å². The number of ether oxygens (including phenoxy) is 1. The minimum absolute atomic E-state index is 0.00503. The molecule has 3 saturated carbocycles. The zero-order valence-corrected chi connectivity index (χ0v) is 28.6. The summed E-state index contributed by atoms with van der Waals surface area (Å²) in [5.41, 5.74) is 2.49. The fourth-order valence-corrected chi connectivity index (χ4v) is 10.9. The highest BCUT2D eigenvalue weighted by molar-refractivity contribution is 5.85. The quantitative estimate of drug-likeness (QED) is 0.158. The Labute approximate surface area is 268 Å². The number of hydrogen-bond donors (Lipinski definition) is 2. The first-order valence-electron chi connectivity index (χ1n) is 18.7. The summed E-state index contributed by atoms with van der Waals surface area (Å²) in [5, 5.41) is 13.2. The summed E-state index contributed by atoms with van der Waals surface area (Å²) >= 11 is 0. The van der Waals surface area contributed by atoms with Gasteiger partial charge in [0.15, 0.2) is 0 Å². The molecule has 2 N–H and O–H groups in total. The molecular weight excluding hydrogens is 548 g/mol. The Morgan fingerprint density at radius 2 is 1.80 bits per heavy atom. The summed E-state index contributed by atoms with van der Waals surface area (Å²) in [5.74, 6) is 3.71. The lowest BCUT2D eigenvalue weighted by Crippen LogP contribution is -2.50. The Morgan fingerprint density at radius 1 is 1.00 bits per heavy atom. The van der Waals surface area contributed by atoms with Crippen LogP contribution in [0.5, 0.6) is 0 Å². The molecule has 1 aliphatic heterocycles. The molecule has 4 unspecified atom stereocenters. The second-order valence-corrected chi connectivity index (χ2v) is 15.9. The second-order valence-electron chi connectivity index (χ2n) is 15.9. The maximum atomic E-state index is 13.0. The molecule has 5 aliphatic rings. The van der Waals surface area contributed by atoms with Crippen LogP contribution in [0.15, 0.2) is 11.6 Å². The summed E-state index contributed by atoms with van der Waals surface area (Å²) in [6.45, 7) is 10.9. The molecule has 9 atom stereocenters. The number of rotatable bonds is 14. The first-order chi connectivity index (χ1) is 21.2. The average molecular weight is 613 g/mol. The lowest BCUT2D eigenvalue weighted by atomic mass is 9.47. The molecule has 0 bridgehead atoms. The van der Waals surface area contributed by atoms with E-state index < -0.39 is 6.10 Å². The number of likely N-dealkylation sites (tertiary alicyclic amines) is 1. The van der Waals surface area contributed by atoms with Crippen LogP contribution < -0.4 is 5.32 Å². The molecule has 1 heterocycles. The van der Waals surface area contributed by atoms with Crippen molar-refractivity contribution in [3.8, 4) is 0 Å². The number of carbonyl (C=O) groups is 2. The third kappa shape index (κ3) is 7.11. The van der Waals surface area contributed by atoms with Gasteiger partial charge in [0.2, 0.25) is 11.8 Å². The maximum Gasteiger partial charge on any atom is 0.242 e. The third-order valence-electron chi connectivity index (χ3n) is 13.5. The fraction of sp³-hybridized carbons (Fsp3) is 0.895. The summed E-state index contributed by atoms with van der Waals surface area (Å²) in [4.78, 5) is 27.5. The number of hydrogen-bond acceptors (Lipinski definition) is 4. The molecule has 0 radical (unpaired) electrons. The van der Waals surface area contributed by atoms with Crippen molar-refractivity contribution in [2.24, 2.45) is 40.4 Å². The molecule has 6 heteroatoms. The SMILES string of the molecule is CCCCCCCC[C@@H]1CCC2C3CC=C4CC(CC(=O)NCC(=O)N5CC[C@H](O)[C@@H]5COCC)CC[C@@]4(C)C3CC[C@]21C. The number of fused-ring (bicyclic) bond motifs is 5. The van der Waals surface area contributed by atoms with Crippen molar-refractivity contribution in [2.45, 2.75) is 149 Å². The molecule has 250 valence electrons. The van der Waals surface area contributed by atoms with E-state index in [-0.39, 0.29) is 24.4 Å². The van der Waals surface area contributed by atoms with Crippen LogP contribution in [-0.2, 0) is 14.3 Å². The van der Waals surface area contributed by atoms with Gasteiger partial charge in [0.25, 0.3) is 0 Å². The van der Waals surface area contributed by atoms with Crippen molar-refractivity contribution in [1.82, 2.24) is 10.2 Å². The van der Waals surface area contributed by atoms with Gasteiger partial charge in [-0.25, -0.2) is 0 Å². The van der Waals surface area contributed by atoms with Crippen LogP contribution in [0.3, 0.4) is 0 Å². The Hall–Kier alpha value is -1.40. The van der Waals surface area contributed by atoms with Gasteiger partial charge in [-0.15, -0.1) is 0 Å². The number of nitrogens with one attached hydrogen (secondary N) is 1. The predicted molar refractivity (Wildman–Crippen MR) is 177 cm³/mol. The molecule has 44 heavy (non-hydrogen) atoms. The largest absolute Gasteiger partial charge is 0.391 e. The zero-order chi connectivity index (χ0) is 31.3. The summed E-state index contributed by atoms with van der Waals surface area (Å²) < 4.78 is 5.49. The highest BCUT2D eigenvalue weighted by Crippen LogP contribution is 2.67. The van der Waals surface area contributed by atoms with Crippen molar-refractivity contribution in [3.05, 3.63) is 11.6 Å². The van der Waals surface area contributed by atoms with E-state index in [0.29, 0.717) is 49.3 Å². The lowest BCUT2D eigenvalue weighted by molar-refractivity contribution is -0.135. The molecule has 0 aromatic rings. The van der Waals surface area contributed by atoms with Gasteiger partial charge in [-0.3, -0.25) is 9.59 Å². The standard InChI is InChI=1S/C38H64N2O4/c1-5-7-8-9-10-11-12-28-14-16-31-30-15-13-29-23-27(17-20-38(29,4)32(30)18-21-37(28,31)3)24-35(42)39-25-36(43)40-22-19-34(41)33(40)26-44-6-2/h13,27-28,30-34,41H,5-12,14-26H2,1-4H3,(H,39,42)/t27?,28-,30?,31?,32?,33+,34+,37+,38-/m1/s1. The van der Waals surface area contributed by atoms with E-state index in [0.717, 1.165) is 36.5 Å².